The van der Waals surface area contributed by atoms with Gasteiger partial charge in [0.15, 0.2) is 12.2 Å². The highest BCUT2D eigenvalue weighted by Gasteiger charge is 2.48. The van der Waals surface area contributed by atoms with Crippen LogP contribution in [0.3, 0.4) is 0 Å². The number of hydrogen-bond donors (Lipinski definition) is 0. The second kappa shape index (κ2) is 9.36. The summed E-state index contributed by atoms with van der Waals surface area (Å²) < 4.78 is 32.5. The number of methoxy groups -OCH3 is 1. The minimum atomic E-state index is -1.34. The fraction of sp³-hybridized carbons (Fsp3) is 0.450. The van der Waals surface area contributed by atoms with Crippen LogP contribution in [0, 0.1) is 0 Å². The van der Waals surface area contributed by atoms with E-state index in [1.807, 2.05) is 0 Å². The summed E-state index contributed by atoms with van der Waals surface area (Å²) in [7, 11) is 1.17. The molecule has 2 aromatic rings. The zero-order valence-electron chi connectivity index (χ0n) is 16.6. The van der Waals surface area contributed by atoms with Crippen LogP contribution >= 0.6 is 11.6 Å². The van der Waals surface area contributed by atoms with Gasteiger partial charge in [0, 0.05) is 13.8 Å². The molecule has 0 amide bonds. The molecule has 1 saturated heterocycles. The van der Waals surface area contributed by atoms with E-state index in [9.17, 15) is 14.4 Å². The van der Waals surface area contributed by atoms with Gasteiger partial charge < -0.3 is 28.1 Å². The number of benzene rings is 1. The molecule has 1 aliphatic rings. The first kappa shape index (κ1) is 21.9. The Balaban J connectivity index is 1.90. The average Bonchev–Trinajstić information content (AvgIpc) is 3.13. The minimum Gasteiger partial charge on any atom is -0.467 e. The summed E-state index contributed by atoms with van der Waals surface area (Å²) in [6.07, 6.45) is -4.47. The van der Waals surface area contributed by atoms with Gasteiger partial charge in [-0.1, -0.05) is 6.07 Å². The number of alkyl halides is 1. The summed E-state index contributed by atoms with van der Waals surface area (Å²) in [5.74, 6) is -0.883. The van der Waals surface area contributed by atoms with Gasteiger partial charge in [0.25, 0.3) is 0 Å². The van der Waals surface area contributed by atoms with E-state index in [-0.39, 0.29) is 12.3 Å². The van der Waals surface area contributed by atoms with Gasteiger partial charge in [-0.25, -0.2) is 4.79 Å². The molecule has 2 heterocycles. The molecule has 0 saturated carbocycles. The van der Waals surface area contributed by atoms with Crippen molar-refractivity contribution in [2.45, 2.75) is 50.8 Å². The van der Waals surface area contributed by atoms with Crippen molar-refractivity contribution in [2.75, 3.05) is 7.11 Å². The number of hydrogen-bond acceptors (Lipinski definition) is 9. The number of furan rings is 1. The predicted octanol–water partition coefficient (Wildman–Crippen LogP) is 2.70. The van der Waals surface area contributed by atoms with E-state index < -0.39 is 42.5 Å². The van der Waals surface area contributed by atoms with Crippen LogP contribution in [0.5, 0.6) is 5.75 Å². The molecule has 10 heteroatoms. The van der Waals surface area contributed by atoms with Gasteiger partial charge in [-0.3, -0.25) is 9.59 Å². The van der Waals surface area contributed by atoms with E-state index in [1.165, 1.54) is 21.0 Å². The molecule has 0 radical (unpaired) electrons. The SMILES string of the molecule is COC(=O)[C@H]1O[C@@H](Oc2cccc3oc(CCl)cc23)C[C@@H](OC(C)=O)[C@@H]1OC(C)=O. The maximum Gasteiger partial charge on any atom is 0.339 e. The first-order valence-corrected chi connectivity index (χ1v) is 9.67. The highest BCUT2D eigenvalue weighted by Crippen LogP contribution is 2.33. The molecule has 3 rings (SSSR count). The number of ether oxygens (including phenoxy) is 5. The summed E-state index contributed by atoms with van der Waals surface area (Å²) in [6, 6.07) is 6.93. The topological polar surface area (TPSA) is 111 Å². The molecular weight excluding hydrogens is 420 g/mol. The summed E-state index contributed by atoms with van der Waals surface area (Å²) in [5, 5.41) is 0.664. The van der Waals surface area contributed by atoms with Gasteiger partial charge >= 0.3 is 17.9 Å². The van der Waals surface area contributed by atoms with Crippen LogP contribution in [0.25, 0.3) is 11.0 Å². The lowest BCUT2D eigenvalue weighted by atomic mass is 10.0. The van der Waals surface area contributed by atoms with Gasteiger partial charge in [-0.2, -0.15) is 0 Å². The van der Waals surface area contributed by atoms with Gasteiger partial charge in [-0.05, 0) is 18.2 Å². The molecule has 4 atom stereocenters. The van der Waals surface area contributed by atoms with Crippen molar-refractivity contribution in [3.8, 4) is 5.75 Å². The Bertz CT molecular complexity index is 938. The van der Waals surface area contributed by atoms with Crippen LogP contribution in [-0.4, -0.2) is 49.6 Å². The Morgan fingerprint density at radius 2 is 1.90 bits per heavy atom. The molecule has 0 N–H and O–H groups in total. The number of halogens is 1. The molecule has 0 unspecified atom stereocenters. The van der Waals surface area contributed by atoms with E-state index in [4.69, 9.17) is 39.7 Å². The molecule has 30 heavy (non-hydrogen) atoms. The zero-order chi connectivity index (χ0) is 21.8. The van der Waals surface area contributed by atoms with Crippen molar-refractivity contribution in [3.05, 3.63) is 30.0 Å². The van der Waals surface area contributed by atoms with Gasteiger partial charge in [-0.15, -0.1) is 11.6 Å². The molecule has 1 fully saturated rings. The van der Waals surface area contributed by atoms with Crippen molar-refractivity contribution < 1.29 is 42.5 Å². The van der Waals surface area contributed by atoms with E-state index in [1.54, 1.807) is 24.3 Å². The lowest BCUT2D eigenvalue weighted by Crippen LogP contribution is -2.56. The number of fused-ring (bicyclic) bond motifs is 1. The van der Waals surface area contributed by atoms with Crippen LogP contribution in [0.2, 0.25) is 0 Å². The molecule has 0 spiro atoms. The van der Waals surface area contributed by atoms with Crippen LogP contribution in [0.1, 0.15) is 26.0 Å². The third kappa shape index (κ3) is 4.85. The highest BCUT2D eigenvalue weighted by atomic mass is 35.5. The van der Waals surface area contributed by atoms with Crippen molar-refractivity contribution >= 4 is 40.5 Å². The lowest BCUT2D eigenvalue weighted by Gasteiger charge is -2.38. The van der Waals surface area contributed by atoms with Crippen molar-refractivity contribution in [1.82, 2.24) is 0 Å². The van der Waals surface area contributed by atoms with Gasteiger partial charge in [0.05, 0.1) is 24.8 Å². The van der Waals surface area contributed by atoms with Crippen molar-refractivity contribution in [3.63, 3.8) is 0 Å². The van der Waals surface area contributed by atoms with E-state index in [0.29, 0.717) is 22.5 Å². The lowest BCUT2D eigenvalue weighted by molar-refractivity contribution is -0.241. The molecule has 1 aromatic carbocycles. The second-order valence-corrected chi connectivity index (χ2v) is 6.87. The molecule has 9 nitrogen and oxygen atoms in total. The Morgan fingerprint density at radius 3 is 2.53 bits per heavy atom. The Hall–Kier alpha value is -2.78. The number of carbonyl (C=O) groups excluding carboxylic acids is 3. The third-order valence-electron chi connectivity index (χ3n) is 4.40. The first-order chi connectivity index (χ1) is 14.3. The van der Waals surface area contributed by atoms with Crippen LogP contribution in [0.4, 0.5) is 0 Å². The normalized spacial score (nSPS) is 23.6. The van der Waals surface area contributed by atoms with E-state index in [2.05, 4.69) is 0 Å². The predicted molar refractivity (Wildman–Crippen MR) is 103 cm³/mol. The summed E-state index contributed by atoms with van der Waals surface area (Å²) in [5.41, 5.74) is 0.567. The molecule has 0 aliphatic carbocycles. The summed E-state index contributed by atoms with van der Waals surface area (Å²) in [4.78, 5) is 35.4. The first-order valence-electron chi connectivity index (χ1n) is 9.14. The van der Waals surface area contributed by atoms with Crippen molar-refractivity contribution in [1.29, 1.82) is 0 Å². The second-order valence-electron chi connectivity index (χ2n) is 6.60. The minimum absolute atomic E-state index is 0.0155. The maximum atomic E-state index is 12.3. The fourth-order valence-corrected chi connectivity index (χ4v) is 3.38. The van der Waals surface area contributed by atoms with Gasteiger partial charge in [0.2, 0.25) is 6.29 Å². The standard InChI is InChI=1S/C20H21ClO9/c1-10(22)26-16-8-17(30-19(20(24)25-3)18(16)27-11(2)23)29-15-6-4-5-14-13(15)7-12(9-21)28-14/h4-7,16-19H,8-9H2,1-3H3/t16-,17-,18+,19+/m1/s1. The van der Waals surface area contributed by atoms with Crippen molar-refractivity contribution in [2.24, 2.45) is 0 Å². The monoisotopic (exact) mass is 440 g/mol. The third-order valence-corrected chi connectivity index (χ3v) is 4.67. The quantitative estimate of drug-likeness (QED) is 0.380. The molecular formula is C20H21ClO9. The Kier molecular flexibility index (Phi) is 6.84. The number of carbonyl (C=O) groups is 3. The summed E-state index contributed by atoms with van der Waals surface area (Å²) >= 11 is 5.84. The number of rotatable bonds is 6. The smallest absolute Gasteiger partial charge is 0.339 e. The average molecular weight is 441 g/mol. The largest absolute Gasteiger partial charge is 0.467 e. The molecule has 162 valence electrons. The highest BCUT2D eigenvalue weighted by molar-refractivity contribution is 6.17. The Labute approximate surface area is 177 Å². The van der Waals surface area contributed by atoms with Crippen LogP contribution in [-0.2, 0) is 39.2 Å². The van der Waals surface area contributed by atoms with Gasteiger partial charge in [0.1, 0.15) is 23.2 Å². The molecule has 1 aromatic heterocycles. The fourth-order valence-electron chi connectivity index (χ4n) is 3.25. The molecule has 0 bridgehead atoms. The van der Waals surface area contributed by atoms with E-state index in [0.717, 1.165) is 0 Å². The van der Waals surface area contributed by atoms with Crippen LogP contribution in [0.15, 0.2) is 28.7 Å². The van der Waals surface area contributed by atoms with E-state index >= 15 is 0 Å². The maximum absolute atomic E-state index is 12.3. The number of esters is 3. The van der Waals surface area contributed by atoms with Crippen LogP contribution < -0.4 is 4.74 Å². The summed E-state index contributed by atoms with van der Waals surface area (Å²) in [6.45, 7) is 2.39. The molecule has 1 aliphatic heterocycles. The Morgan fingerprint density at radius 1 is 1.17 bits per heavy atom. The zero-order valence-corrected chi connectivity index (χ0v) is 17.3.